The summed E-state index contributed by atoms with van der Waals surface area (Å²) in [5, 5.41) is 6.03. The third kappa shape index (κ3) is 5.27. The number of hydrogen-bond acceptors (Lipinski definition) is 2. The Morgan fingerprint density at radius 3 is 2.67 bits per heavy atom. The molecule has 4 heteroatoms. The molecule has 0 aliphatic heterocycles. The van der Waals surface area contributed by atoms with Crippen LogP contribution in [0, 0.1) is 5.82 Å². The van der Waals surface area contributed by atoms with E-state index in [0.29, 0.717) is 13.0 Å². The van der Waals surface area contributed by atoms with Crippen molar-refractivity contribution in [3.8, 4) is 0 Å². The highest BCUT2D eigenvalue weighted by Crippen LogP contribution is 2.13. The van der Waals surface area contributed by atoms with Gasteiger partial charge >= 0.3 is 0 Å². The molecule has 0 aliphatic carbocycles. The smallest absolute Gasteiger partial charge is 0.221 e. The van der Waals surface area contributed by atoms with E-state index in [0.717, 1.165) is 5.56 Å². The van der Waals surface area contributed by atoms with Gasteiger partial charge in [-0.25, -0.2) is 4.39 Å². The van der Waals surface area contributed by atoms with Crippen LogP contribution < -0.4 is 10.6 Å². The molecular formula is C14H21FN2O. The molecule has 0 saturated carbocycles. The van der Waals surface area contributed by atoms with E-state index in [-0.39, 0.29) is 23.8 Å². The Morgan fingerprint density at radius 2 is 2.06 bits per heavy atom. The lowest BCUT2D eigenvalue weighted by atomic mass is 10.1. The molecule has 0 aromatic heterocycles. The van der Waals surface area contributed by atoms with Crippen LogP contribution in [0.5, 0.6) is 0 Å². The first-order valence-corrected chi connectivity index (χ1v) is 6.27. The molecule has 0 radical (unpaired) electrons. The zero-order valence-corrected chi connectivity index (χ0v) is 11.2. The first-order chi connectivity index (χ1) is 8.49. The highest BCUT2D eigenvalue weighted by atomic mass is 19.1. The molecule has 1 atom stereocenters. The number of carbonyl (C=O) groups is 1. The Hall–Kier alpha value is -1.42. The maximum absolute atomic E-state index is 13.0. The van der Waals surface area contributed by atoms with Crippen LogP contribution in [0.1, 0.15) is 38.8 Å². The minimum Gasteiger partial charge on any atom is -0.354 e. The average molecular weight is 252 g/mol. The molecule has 0 aliphatic rings. The van der Waals surface area contributed by atoms with Crippen molar-refractivity contribution < 1.29 is 9.18 Å². The van der Waals surface area contributed by atoms with Gasteiger partial charge in [-0.3, -0.25) is 4.79 Å². The van der Waals surface area contributed by atoms with Gasteiger partial charge in [-0.05, 0) is 38.5 Å². The Morgan fingerprint density at radius 1 is 1.33 bits per heavy atom. The standard InChI is InChI=1S/C14H21FN2O/c1-10(2)17-14(18)7-8-16-11(3)12-5-4-6-13(15)9-12/h4-6,9-11,16H,7-8H2,1-3H3,(H,17,18)/t11-/m0/s1. The summed E-state index contributed by atoms with van der Waals surface area (Å²) in [6.45, 7) is 6.40. The van der Waals surface area contributed by atoms with Gasteiger partial charge in [0.1, 0.15) is 5.82 Å². The van der Waals surface area contributed by atoms with Gasteiger partial charge in [-0.2, -0.15) is 0 Å². The Balaban J connectivity index is 2.33. The molecule has 3 nitrogen and oxygen atoms in total. The fourth-order valence-electron chi connectivity index (χ4n) is 1.69. The third-order valence-electron chi connectivity index (χ3n) is 2.60. The average Bonchev–Trinajstić information content (AvgIpc) is 2.27. The summed E-state index contributed by atoms with van der Waals surface area (Å²) in [5.74, 6) is -0.206. The van der Waals surface area contributed by atoms with Gasteiger partial charge in [0, 0.05) is 25.0 Å². The zero-order chi connectivity index (χ0) is 13.5. The third-order valence-corrected chi connectivity index (χ3v) is 2.60. The maximum atomic E-state index is 13.0. The molecule has 0 spiro atoms. The SMILES string of the molecule is CC(C)NC(=O)CCN[C@@H](C)c1cccc(F)c1. The molecule has 0 fully saturated rings. The van der Waals surface area contributed by atoms with E-state index >= 15 is 0 Å². The number of rotatable bonds is 6. The Labute approximate surface area is 108 Å². The van der Waals surface area contributed by atoms with Gasteiger partial charge in [0.05, 0.1) is 0 Å². The normalized spacial score (nSPS) is 12.5. The molecule has 100 valence electrons. The summed E-state index contributed by atoms with van der Waals surface area (Å²) >= 11 is 0. The predicted molar refractivity (Wildman–Crippen MR) is 70.7 cm³/mol. The first-order valence-electron chi connectivity index (χ1n) is 6.27. The lowest BCUT2D eigenvalue weighted by Crippen LogP contribution is -2.33. The predicted octanol–water partition coefficient (Wildman–Crippen LogP) is 2.39. The van der Waals surface area contributed by atoms with Crippen molar-refractivity contribution in [2.75, 3.05) is 6.54 Å². The molecule has 2 N–H and O–H groups in total. The van der Waals surface area contributed by atoms with Crippen molar-refractivity contribution in [1.29, 1.82) is 0 Å². The van der Waals surface area contributed by atoms with Gasteiger partial charge in [-0.15, -0.1) is 0 Å². The fourth-order valence-corrected chi connectivity index (χ4v) is 1.69. The van der Waals surface area contributed by atoms with Gasteiger partial charge in [0.2, 0.25) is 5.91 Å². The van der Waals surface area contributed by atoms with Crippen LogP contribution in [-0.2, 0) is 4.79 Å². The van der Waals surface area contributed by atoms with Gasteiger partial charge in [0.15, 0.2) is 0 Å². The summed E-state index contributed by atoms with van der Waals surface area (Å²) in [6, 6.07) is 6.69. The van der Waals surface area contributed by atoms with Crippen molar-refractivity contribution in [2.45, 2.75) is 39.3 Å². The molecule has 1 amide bonds. The van der Waals surface area contributed by atoms with E-state index in [4.69, 9.17) is 0 Å². The quantitative estimate of drug-likeness (QED) is 0.816. The number of amides is 1. The Bertz CT molecular complexity index is 393. The molecular weight excluding hydrogens is 231 g/mol. The van der Waals surface area contributed by atoms with Gasteiger partial charge in [-0.1, -0.05) is 12.1 Å². The second-order valence-corrected chi connectivity index (χ2v) is 4.70. The molecule has 0 heterocycles. The van der Waals surface area contributed by atoms with E-state index in [9.17, 15) is 9.18 Å². The van der Waals surface area contributed by atoms with E-state index < -0.39 is 0 Å². The lowest BCUT2D eigenvalue weighted by molar-refractivity contribution is -0.121. The number of nitrogens with one attached hydrogen (secondary N) is 2. The van der Waals surface area contributed by atoms with Crippen molar-refractivity contribution in [1.82, 2.24) is 10.6 Å². The van der Waals surface area contributed by atoms with E-state index in [1.807, 2.05) is 26.8 Å². The highest BCUT2D eigenvalue weighted by Gasteiger charge is 2.07. The largest absolute Gasteiger partial charge is 0.354 e. The van der Waals surface area contributed by atoms with Crippen LogP contribution in [0.2, 0.25) is 0 Å². The summed E-state index contributed by atoms with van der Waals surface area (Å²) in [5.41, 5.74) is 0.888. The van der Waals surface area contributed by atoms with Gasteiger partial charge in [0.25, 0.3) is 0 Å². The monoisotopic (exact) mass is 252 g/mol. The number of halogens is 1. The molecule has 1 aromatic rings. The number of benzene rings is 1. The van der Waals surface area contributed by atoms with Crippen LogP contribution in [0.3, 0.4) is 0 Å². The summed E-state index contributed by atoms with van der Waals surface area (Å²) < 4.78 is 13.0. The second-order valence-electron chi connectivity index (χ2n) is 4.70. The van der Waals surface area contributed by atoms with Gasteiger partial charge < -0.3 is 10.6 Å². The summed E-state index contributed by atoms with van der Waals surface area (Å²) in [7, 11) is 0. The van der Waals surface area contributed by atoms with Crippen molar-refractivity contribution in [3.05, 3.63) is 35.6 Å². The number of carbonyl (C=O) groups excluding carboxylic acids is 1. The molecule has 1 rings (SSSR count). The maximum Gasteiger partial charge on any atom is 0.221 e. The van der Waals surface area contributed by atoms with E-state index in [2.05, 4.69) is 10.6 Å². The molecule has 0 bridgehead atoms. The number of hydrogen-bond donors (Lipinski definition) is 2. The summed E-state index contributed by atoms with van der Waals surface area (Å²) in [4.78, 5) is 11.4. The van der Waals surface area contributed by atoms with Crippen LogP contribution in [-0.4, -0.2) is 18.5 Å². The first kappa shape index (κ1) is 14.6. The minimum atomic E-state index is -0.237. The van der Waals surface area contributed by atoms with Crippen molar-refractivity contribution >= 4 is 5.91 Å². The van der Waals surface area contributed by atoms with E-state index in [1.54, 1.807) is 6.07 Å². The van der Waals surface area contributed by atoms with Crippen LogP contribution in [0.25, 0.3) is 0 Å². The van der Waals surface area contributed by atoms with Crippen LogP contribution >= 0.6 is 0 Å². The van der Waals surface area contributed by atoms with E-state index in [1.165, 1.54) is 12.1 Å². The fraction of sp³-hybridized carbons (Fsp3) is 0.500. The zero-order valence-electron chi connectivity index (χ0n) is 11.2. The molecule has 0 unspecified atom stereocenters. The molecule has 0 saturated heterocycles. The highest BCUT2D eigenvalue weighted by molar-refractivity contribution is 5.76. The van der Waals surface area contributed by atoms with Crippen molar-refractivity contribution in [2.24, 2.45) is 0 Å². The topological polar surface area (TPSA) is 41.1 Å². The molecule has 18 heavy (non-hydrogen) atoms. The minimum absolute atomic E-state index is 0.0314. The lowest BCUT2D eigenvalue weighted by Gasteiger charge is -2.14. The van der Waals surface area contributed by atoms with Crippen LogP contribution in [0.4, 0.5) is 4.39 Å². The summed E-state index contributed by atoms with van der Waals surface area (Å²) in [6.07, 6.45) is 0.428. The van der Waals surface area contributed by atoms with Crippen LogP contribution in [0.15, 0.2) is 24.3 Å². The second kappa shape index (κ2) is 7.11. The Kier molecular flexibility index (Phi) is 5.78. The van der Waals surface area contributed by atoms with Crippen molar-refractivity contribution in [3.63, 3.8) is 0 Å². The molecule has 1 aromatic carbocycles.